The highest BCUT2D eigenvalue weighted by Crippen LogP contribution is 2.25. The Balaban J connectivity index is 1.84. The number of hydrogen-bond acceptors (Lipinski definition) is 4. The standard InChI is InChI=1S/C19H32N4O3S/c1-4-20-19(22-12-14-27(24,25)23(5-2)6-3)21-11-9-16-7-8-18-17(15-16)10-13-26-18/h7-8,15H,4-6,9-14H2,1-3H3,(H2,20,21,22). The van der Waals surface area contributed by atoms with Gasteiger partial charge in [-0.1, -0.05) is 26.0 Å². The Morgan fingerprint density at radius 1 is 1.22 bits per heavy atom. The van der Waals surface area contributed by atoms with Crippen molar-refractivity contribution in [3.8, 4) is 5.75 Å². The zero-order valence-corrected chi connectivity index (χ0v) is 17.4. The van der Waals surface area contributed by atoms with E-state index in [4.69, 9.17) is 4.74 Å². The van der Waals surface area contributed by atoms with E-state index >= 15 is 0 Å². The first kappa shape index (κ1) is 21.5. The van der Waals surface area contributed by atoms with Crippen LogP contribution in [0.5, 0.6) is 5.75 Å². The van der Waals surface area contributed by atoms with Crippen LogP contribution in [0.3, 0.4) is 0 Å². The fourth-order valence-electron chi connectivity index (χ4n) is 3.08. The Morgan fingerprint density at radius 2 is 2.00 bits per heavy atom. The second-order valence-electron chi connectivity index (χ2n) is 6.38. The number of aliphatic imine (C=N–C) groups is 1. The number of sulfonamides is 1. The molecule has 2 rings (SSSR count). The lowest BCUT2D eigenvalue weighted by molar-refractivity contribution is 0.357. The highest BCUT2D eigenvalue weighted by atomic mass is 32.2. The predicted molar refractivity (Wildman–Crippen MR) is 110 cm³/mol. The van der Waals surface area contributed by atoms with Gasteiger partial charge in [0, 0.05) is 32.6 Å². The molecule has 0 radical (unpaired) electrons. The molecule has 0 unspecified atom stereocenters. The van der Waals surface area contributed by atoms with Crippen LogP contribution in [-0.4, -0.2) is 63.8 Å². The zero-order valence-electron chi connectivity index (χ0n) is 16.6. The summed E-state index contributed by atoms with van der Waals surface area (Å²) < 4.78 is 31.5. The molecule has 0 atom stereocenters. The van der Waals surface area contributed by atoms with Gasteiger partial charge in [0.25, 0.3) is 0 Å². The minimum atomic E-state index is -3.24. The van der Waals surface area contributed by atoms with E-state index in [9.17, 15) is 8.42 Å². The first-order valence-electron chi connectivity index (χ1n) is 9.74. The molecule has 2 N–H and O–H groups in total. The highest BCUT2D eigenvalue weighted by molar-refractivity contribution is 7.89. The lowest BCUT2D eigenvalue weighted by atomic mass is 10.1. The van der Waals surface area contributed by atoms with E-state index in [1.54, 1.807) is 0 Å². The monoisotopic (exact) mass is 396 g/mol. The van der Waals surface area contributed by atoms with Gasteiger partial charge >= 0.3 is 0 Å². The molecule has 0 saturated heterocycles. The van der Waals surface area contributed by atoms with E-state index in [0.717, 1.165) is 38.3 Å². The van der Waals surface area contributed by atoms with Gasteiger partial charge in [0.05, 0.1) is 18.9 Å². The lowest BCUT2D eigenvalue weighted by Crippen LogP contribution is -2.39. The molecule has 0 aromatic heterocycles. The number of guanidine groups is 1. The van der Waals surface area contributed by atoms with Crippen molar-refractivity contribution in [2.75, 3.05) is 45.1 Å². The SMILES string of the molecule is CCNC(=NCCS(=O)(=O)N(CC)CC)NCCc1ccc2c(c1)CCO2. The van der Waals surface area contributed by atoms with E-state index in [2.05, 4.69) is 27.8 Å². The summed E-state index contributed by atoms with van der Waals surface area (Å²) >= 11 is 0. The molecule has 0 saturated carbocycles. The van der Waals surface area contributed by atoms with Crippen molar-refractivity contribution < 1.29 is 13.2 Å². The Hall–Kier alpha value is -1.80. The van der Waals surface area contributed by atoms with Crippen molar-refractivity contribution in [2.45, 2.75) is 33.6 Å². The molecule has 0 aliphatic carbocycles. The first-order valence-corrected chi connectivity index (χ1v) is 11.4. The van der Waals surface area contributed by atoms with Gasteiger partial charge < -0.3 is 15.4 Å². The number of benzene rings is 1. The summed E-state index contributed by atoms with van der Waals surface area (Å²) in [4.78, 5) is 4.41. The topological polar surface area (TPSA) is 83.0 Å². The number of ether oxygens (including phenoxy) is 1. The number of nitrogens with zero attached hydrogens (tertiary/aromatic N) is 2. The second kappa shape index (κ2) is 10.5. The molecule has 8 heteroatoms. The highest BCUT2D eigenvalue weighted by Gasteiger charge is 2.18. The van der Waals surface area contributed by atoms with Crippen LogP contribution >= 0.6 is 0 Å². The van der Waals surface area contributed by atoms with Gasteiger partial charge in [0.15, 0.2) is 5.96 Å². The number of nitrogens with one attached hydrogen (secondary N) is 2. The smallest absolute Gasteiger partial charge is 0.215 e. The molecule has 152 valence electrons. The molecule has 0 fully saturated rings. The van der Waals surface area contributed by atoms with Gasteiger partial charge in [-0.25, -0.2) is 12.7 Å². The van der Waals surface area contributed by atoms with Crippen molar-refractivity contribution in [2.24, 2.45) is 4.99 Å². The Bertz CT molecular complexity index is 730. The quantitative estimate of drug-likeness (QED) is 0.461. The third-order valence-corrected chi connectivity index (χ3v) is 6.52. The first-order chi connectivity index (χ1) is 13.0. The van der Waals surface area contributed by atoms with E-state index in [1.807, 2.05) is 26.8 Å². The average Bonchev–Trinajstić information content (AvgIpc) is 3.10. The fraction of sp³-hybridized carbons (Fsp3) is 0.632. The van der Waals surface area contributed by atoms with Crippen molar-refractivity contribution >= 4 is 16.0 Å². The van der Waals surface area contributed by atoms with Crippen LogP contribution in [0.1, 0.15) is 31.9 Å². The lowest BCUT2D eigenvalue weighted by Gasteiger charge is -2.18. The molecule has 0 amide bonds. The van der Waals surface area contributed by atoms with E-state index < -0.39 is 10.0 Å². The fourth-order valence-corrected chi connectivity index (χ4v) is 4.45. The van der Waals surface area contributed by atoms with Crippen LogP contribution < -0.4 is 15.4 Å². The largest absolute Gasteiger partial charge is 0.493 e. The van der Waals surface area contributed by atoms with Crippen LogP contribution in [0.4, 0.5) is 0 Å². The Morgan fingerprint density at radius 3 is 2.70 bits per heavy atom. The third kappa shape index (κ3) is 6.39. The molecule has 7 nitrogen and oxygen atoms in total. The summed E-state index contributed by atoms with van der Waals surface area (Å²) in [7, 11) is -3.24. The number of hydrogen-bond donors (Lipinski definition) is 2. The minimum absolute atomic E-state index is 0.0239. The van der Waals surface area contributed by atoms with Gasteiger partial charge in [0.1, 0.15) is 5.75 Å². The molecule has 27 heavy (non-hydrogen) atoms. The van der Waals surface area contributed by atoms with Gasteiger partial charge in [-0.3, -0.25) is 4.99 Å². The van der Waals surface area contributed by atoms with Crippen molar-refractivity contribution in [1.29, 1.82) is 0 Å². The van der Waals surface area contributed by atoms with Crippen molar-refractivity contribution in [1.82, 2.24) is 14.9 Å². The molecular formula is C19H32N4O3S. The second-order valence-corrected chi connectivity index (χ2v) is 8.47. The summed E-state index contributed by atoms with van der Waals surface area (Å²) in [6.07, 6.45) is 1.84. The molecule has 0 bridgehead atoms. The van der Waals surface area contributed by atoms with E-state index in [-0.39, 0.29) is 12.3 Å². The van der Waals surface area contributed by atoms with E-state index in [1.165, 1.54) is 15.4 Å². The summed E-state index contributed by atoms with van der Waals surface area (Å²) in [5, 5.41) is 6.44. The summed E-state index contributed by atoms with van der Waals surface area (Å²) in [6.45, 7) is 9.14. The van der Waals surface area contributed by atoms with Crippen molar-refractivity contribution in [3.63, 3.8) is 0 Å². The average molecular weight is 397 g/mol. The van der Waals surface area contributed by atoms with Crippen LogP contribution in [-0.2, 0) is 22.9 Å². The number of rotatable bonds is 10. The molecule has 0 spiro atoms. The molecular weight excluding hydrogens is 364 g/mol. The minimum Gasteiger partial charge on any atom is -0.493 e. The van der Waals surface area contributed by atoms with Crippen LogP contribution in [0.2, 0.25) is 0 Å². The van der Waals surface area contributed by atoms with Crippen LogP contribution in [0, 0.1) is 0 Å². The maximum absolute atomic E-state index is 12.2. The summed E-state index contributed by atoms with van der Waals surface area (Å²) in [5.41, 5.74) is 2.53. The normalized spacial score (nSPS) is 14.1. The Kier molecular flexibility index (Phi) is 8.37. The molecule has 1 aliphatic heterocycles. The Labute approximate surface area is 163 Å². The molecule has 1 aromatic rings. The maximum atomic E-state index is 12.2. The van der Waals surface area contributed by atoms with Gasteiger partial charge in [-0.05, 0) is 30.5 Å². The van der Waals surface area contributed by atoms with Gasteiger partial charge in [-0.15, -0.1) is 0 Å². The number of fused-ring (bicyclic) bond motifs is 1. The zero-order chi connectivity index (χ0) is 19.7. The molecule has 1 aliphatic rings. The molecule has 1 aromatic carbocycles. The van der Waals surface area contributed by atoms with Crippen LogP contribution in [0.25, 0.3) is 0 Å². The van der Waals surface area contributed by atoms with Gasteiger partial charge in [-0.2, -0.15) is 0 Å². The third-order valence-electron chi connectivity index (χ3n) is 4.52. The predicted octanol–water partition coefficient (Wildman–Crippen LogP) is 1.39. The molecule has 1 heterocycles. The summed E-state index contributed by atoms with van der Waals surface area (Å²) in [5.74, 6) is 1.67. The van der Waals surface area contributed by atoms with Crippen LogP contribution in [0.15, 0.2) is 23.2 Å². The van der Waals surface area contributed by atoms with Crippen molar-refractivity contribution in [3.05, 3.63) is 29.3 Å². The van der Waals surface area contributed by atoms with Gasteiger partial charge in [0.2, 0.25) is 10.0 Å². The van der Waals surface area contributed by atoms with E-state index in [0.29, 0.717) is 19.0 Å². The maximum Gasteiger partial charge on any atom is 0.215 e. The summed E-state index contributed by atoms with van der Waals surface area (Å²) in [6, 6.07) is 6.33.